The van der Waals surface area contributed by atoms with E-state index in [4.69, 9.17) is 4.42 Å². The second-order valence-corrected chi connectivity index (χ2v) is 4.35. The minimum atomic E-state index is -4.63. The van der Waals surface area contributed by atoms with Crippen molar-refractivity contribution in [1.82, 2.24) is 10.2 Å². The van der Waals surface area contributed by atoms with Crippen molar-refractivity contribution in [3.05, 3.63) is 30.9 Å². The van der Waals surface area contributed by atoms with Gasteiger partial charge in [-0.3, -0.25) is 4.18 Å². The molecule has 0 aliphatic heterocycles. The molecular formula is C9H9N3O5S. The fourth-order valence-corrected chi connectivity index (χ4v) is 1.57. The van der Waals surface area contributed by atoms with Crippen molar-refractivity contribution >= 4 is 10.4 Å². The zero-order chi connectivity index (χ0) is 13.0. The number of nitrogens with zero attached hydrogens (tertiary/aromatic N) is 3. The van der Waals surface area contributed by atoms with Gasteiger partial charge >= 0.3 is 0 Å². The number of hydrogen-bond acceptors (Lipinski definition) is 7. The van der Waals surface area contributed by atoms with Crippen LogP contribution in [0.25, 0.3) is 11.5 Å². The lowest BCUT2D eigenvalue weighted by molar-refractivity contribution is -0.697. The highest BCUT2D eigenvalue weighted by atomic mass is 32.3. The lowest BCUT2D eigenvalue weighted by Gasteiger charge is -2.05. The van der Waals surface area contributed by atoms with Crippen LogP contribution in [0.3, 0.4) is 0 Å². The van der Waals surface area contributed by atoms with Gasteiger partial charge in [0.2, 0.25) is 22.7 Å². The Morgan fingerprint density at radius 2 is 2.11 bits per heavy atom. The standard InChI is InChI=1S/C9H9N3O5S/c13-18(14,15)17-6-5-12-3-1-8(2-4-12)9-11-10-7-16-9/h1-4,7H,5-6H2. The van der Waals surface area contributed by atoms with Crippen molar-refractivity contribution in [3.8, 4) is 11.5 Å². The first-order valence-electron chi connectivity index (χ1n) is 4.90. The van der Waals surface area contributed by atoms with E-state index in [1.807, 2.05) is 0 Å². The second-order valence-electron chi connectivity index (χ2n) is 3.30. The van der Waals surface area contributed by atoms with Crippen molar-refractivity contribution in [3.63, 3.8) is 0 Å². The van der Waals surface area contributed by atoms with Crippen LogP contribution < -0.4 is 4.57 Å². The quantitative estimate of drug-likeness (QED) is 0.409. The molecule has 0 fully saturated rings. The molecule has 0 bridgehead atoms. The summed E-state index contributed by atoms with van der Waals surface area (Å²) in [6.45, 7) is 0.0297. The third-order valence-electron chi connectivity index (χ3n) is 2.08. The van der Waals surface area contributed by atoms with Crippen LogP contribution in [0.2, 0.25) is 0 Å². The van der Waals surface area contributed by atoms with E-state index in [9.17, 15) is 13.0 Å². The highest BCUT2D eigenvalue weighted by Gasteiger charge is 2.07. The van der Waals surface area contributed by atoms with Gasteiger partial charge in [0.05, 0.1) is 5.56 Å². The first-order valence-corrected chi connectivity index (χ1v) is 6.24. The third kappa shape index (κ3) is 3.58. The van der Waals surface area contributed by atoms with Gasteiger partial charge in [-0.05, 0) is 0 Å². The number of aromatic nitrogens is 3. The average molecular weight is 271 g/mol. The fourth-order valence-electron chi connectivity index (χ4n) is 1.29. The zero-order valence-electron chi connectivity index (χ0n) is 9.09. The van der Waals surface area contributed by atoms with Gasteiger partial charge in [0.15, 0.2) is 18.9 Å². The largest absolute Gasteiger partial charge is 0.726 e. The second kappa shape index (κ2) is 5.21. The van der Waals surface area contributed by atoms with Crippen LogP contribution in [0.4, 0.5) is 0 Å². The molecule has 2 heterocycles. The number of hydrogen-bond donors (Lipinski definition) is 0. The van der Waals surface area contributed by atoms with Crippen LogP contribution in [-0.4, -0.2) is 29.8 Å². The summed E-state index contributed by atoms with van der Waals surface area (Å²) in [5, 5.41) is 7.29. The first-order chi connectivity index (χ1) is 8.54. The van der Waals surface area contributed by atoms with Crippen LogP contribution in [-0.2, 0) is 21.1 Å². The van der Waals surface area contributed by atoms with Crippen LogP contribution in [0, 0.1) is 0 Å². The van der Waals surface area contributed by atoms with E-state index >= 15 is 0 Å². The molecular weight excluding hydrogens is 262 g/mol. The Labute approximate surface area is 103 Å². The molecule has 0 amide bonds. The maximum atomic E-state index is 10.2. The summed E-state index contributed by atoms with van der Waals surface area (Å²) in [6, 6.07) is 3.44. The highest BCUT2D eigenvalue weighted by Crippen LogP contribution is 2.12. The molecule has 96 valence electrons. The van der Waals surface area contributed by atoms with Crippen LogP contribution in [0.1, 0.15) is 0 Å². The van der Waals surface area contributed by atoms with Crippen LogP contribution in [0.15, 0.2) is 35.3 Å². The molecule has 2 aromatic rings. The molecule has 8 nitrogen and oxygen atoms in total. The Balaban J connectivity index is 1.96. The van der Waals surface area contributed by atoms with Crippen molar-refractivity contribution in [2.45, 2.75) is 6.54 Å². The van der Waals surface area contributed by atoms with Gasteiger partial charge in [0, 0.05) is 12.1 Å². The van der Waals surface area contributed by atoms with E-state index in [-0.39, 0.29) is 13.2 Å². The molecule has 2 aromatic heterocycles. The average Bonchev–Trinajstić information content (AvgIpc) is 2.82. The van der Waals surface area contributed by atoms with Gasteiger partial charge < -0.3 is 8.97 Å². The van der Waals surface area contributed by atoms with E-state index < -0.39 is 10.4 Å². The van der Waals surface area contributed by atoms with Gasteiger partial charge in [-0.25, -0.2) is 13.0 Å². The first kappa shape index (κ1) is 12.6. The summed E-state index contributed by atoms with van der Waals surface area (Å²) >= 11 is 0. The zero-order valence-corrected chi connectivity index (χ0v) is 9.91. The van der Waals surface area contributed by atoms with Crippen LogP contribution in [0.5, 0.6) is 0 Å². The molecule has 0 aromatic carbocycles. The fraction of sp³-hybridized carbons (Fsp3) is 0.222. The lowest BCUT2D eigenvalue weighted by atomic mass is 10.3. The Morgan fingerprint density at radius 1 is 1.39 bits per heavy atom. The summed E-state index contributed by atoms with van der Waals surface area (Å²) in [4.78, 5) is 0. The van der Waals surface area contributed by atoms with Crippen molar-refractivity contribution in [1.29, 1.82) is 0 Å². The van der Waals surface area contributed by atoms with Gasteiger partial charge in [0.1, 0.15) is 6.61 Å². The molecule has 0 aliphatic carbocycles. The predicted molar refractivity (Wildman–Crippen MR) is 55.6 cm³/mol. The maximum absolute atomic E-state index is 10.2. The Bertz CT molecular complexity index is 594. The number of pyridine rings is 1. The summed E-state index contributed by atoms with van der Waals surface area (Å²) in [5.41, 5.74) is 0.737. The Hall–Kier alpha value is -1.84. The monoisotopic (exact) mass is 271 g/mol. The maximum Gasteiger partial charge on any atom is 0.247 e. The Morgan fingerprint density at radius 3 is 2.67 bits per heavy atom. The molecule has 0 saturated carbocycles. The van der Waals surface area contributed by atoms with Crippen LogP contribution >= 0.6 is 0 Å². The predicted octanol–water partition coefficient (Wildman–Crippen LogP) is -0.499. The molecule has 18 heavy (non-hydrogen) atoms. The minimum absolute atomic E-state index is 0.212. The number of rotatable bonds is 5. The summed E-state index contributed by atoms with van der Waals surface area (Å²) < 4.78 is 41.4. The summed E-state index contributed by atoms with van der Waals surface area (Å²) in [7, 11) is -4.63. The minimum Gasteiger partial charge on any atom is -0.726 e. The third-order valence-corrected chi connectivity index (χ3v) is 2.53. The lowest BCUT2D eigenvalue weighted by Crippen LogP contribution is -2.35. The Kier molecular flexibility index (Phi) is 3.65. The van der Waals surface area contributed by atoms with Crippen molar-refractivity contribution in [2.24, 2.45) is 0 Å². The summed E-state index contributed by atoms with van der Waals surface area (Å²) in [5.74, 6) is 0.389. The molecule has 0 N–H and O–H groups in total. The topological polar surface area (TPSA) is 109 Å². The normalized spacial score (nSPS) is 11.6. The van der Waals surface area contributed by atoms with E-state index in [2.05, 4.69) is 14.4 Å². The van der Waals surface area contributed by atoms with Gasteiger partial charge in [-0.2, -0.15) is 0 Å². The van der Waals surface area contributed by atoms with Gasteiger partial charge in [-0.1, -0.05) is 0 Å². The van der Waals surface area contributed by atoms with Gasteiger partial charge in [0.25, 0.3) is 0 Å². The molecule has 0 aliphatic rings. The van der Waals surface area contributed by atoms with E-state index in [0.717, 1.165) is 5.56 Å². The molecule has 0 saturated heterocycles. The molecule has 0 radical (unpaired) electrons. The van der Waals surface area contributed by atoms with E-state index in [1.165, 1.54) is 6.39 Å². The molecule has 0 spiro atoms. The van der Waals surface area contributed by atoms with E-state index in [1.54, 1.807) is 29.1 Å². The molecule has 2 rings (SSSR count). The van der Waals surface area contributed by atoms with Gasteiger partial charge in [-0.15, -0.1) is 10.2 Å². The van der Waals surface area contributed by atoms with Crippen molar-refractivity contribution < 1.29 is 26.1 Å². The molecule has 0 unspecified atom stereocenters. The van der Waals surface area contributed by atoms with E-state index in [0.29, 0.717) is 5.89 Å². The molecule has 9 heteroatoms. The molecule has 0 atom stereocenters. The SMILES string of the molecule is O=S(=O)([O-])OCC[n+]1ccc(-c2nnco2)cc1. The van der Waals surface area contributed by atoms with Crippen molar-refractivity contribution in [2.75, 3.05) is 6.61 Å². The smallest absolute Gasteiger partial charge is 0.247 e. The highest BCUT2D eigenvalue weighted by molar-refractivity contribution is 7.80. The summed E-state index contributed by atoms with van der Waals surface area (Å²) in [6.07, 6.45) is 4.59.